The number of methoxy groups -OCH3 is 1. The number of rotatable bonds is 7. The fourth-order valence-corrected chi connectivity index (χ4v) is 4.36. The highest BCUT2D eigenvalue weighted by Gasteiger charge is 2.24. The first kappa shape index (κ1) is 24.5. The van der Waals surface area contributed by atoms with E-state index in [1.165, 1.54) is 24.6 Å². The summed E-state index contributed by atoms with van der Waals surface area (Å²) in [6.07, 6.45) is 1.83. The molecule has 0 spiro atoms. The first-order chi connectivity index (χ1) is 15.6. The van der Waals surface area contributed by atoms with Gasteiger partial charge >= 0.3 is 0 Å². The number of anilines is 2. The highest BCUT2D eigenvalue weighted by Crippen LogP contribution is 2.24. The van der Waals surface area contributed by atoms with Gasteiger partial charge in [-0.15, -0.1) is 0 Å². The minimum atomic E-state index is -3.58. The predicted molar refractivity (Wildman–Crippen MR) is 128 cm³/mol. The van der Waals surface area contributed by atoms with Crippen LogP contribution in [0.1, 0.15) is 29.3 Å². The van der Waals surface area contributed by atoms with Crippen LogP contribution >= 0.6 is 0 Å². The summed E-state index contributed by atoms with van der Waals surface area (Å²) in [4.78, 5) is 28.8. The Morgan fingerprint density at radius 1 is 1.03 bits per heavy atom. The lowest BCUT2D eigenvalue weighted by Crippen LogP contribution is -2.35. The van der Waals surface area contributed by atoms with Gasteiger partial charge in [0.25, 0.3) is 5.91 Å². The minimum Gasteiger partial charge on any atom is -0.497 e. The quantitative estimate of drug-likeness (QED) is 0.638. The number of amides is 2. The van der Waals surface area contributed by atoms with Crippen molar-refractivity contribution in [2.45, 2.75) is 19.9 Å². The van der Waals surface area contributed by atoms with Gasteiger partial charge in [-0.3, -0.25) is 19.2 Å². The number of sulfonamides is 1. The molecule has 1 heterocycles. The zero-order chi connectivity index (χ0) is 24.0. The van der Waals surface area contributed by atoms with Crippen molar-refractivity contribution in [1.29, 1.82) is 0 Å². The van der Waals surface area contributed by atoms with E-state index in [1.54, 1.807) is 18.1 Å². The van der Waals surface area contributed by atoms with E-state index in [-0.39, 0.29) is 23.1 Å². The van der Waals surface area contributed by atoms with Crippen molar-refractivity contribution in [3.63, 3.8) is 0 Å². The molecular weight excluding hydrogens is 444 g/mol. The molecule has 1 aliphatic rings. The largest absolute Gasteiger partial charge is 0.497 e. The molecule has 0 bridgehead atoms. The van der Waals surface area contributed by atoms with Crippen molar-refractivity contribution < 1.29 is 22.7 Å². The summed E-state index contributed by atoms with van der Waals surface area (Å²) in [5.41, 5.74) is 1.99. The van der Waals surface area contributed by atoms with Gasteiger partial charge in [0.1, 0.15) is 5.75 Å². The van der Waals surface area contributed by atoms with Crippen LogP contribution in [0, 0.1) is 0 Å². The van der Waals surface area contributed by atoms with Crippen molar-refractivity contribution in [2.75, 3.05) is 49.6 Å². The molecule has 2 aromatic carbocycles. The van der Waals surface area contributed by atoms with Gasteiger partial charge in [-0.1, -0.05) is 12.1 Å². The number of benzene rings is 2. The molecular formula is C23H30N4O5S. The molecule has 1 aliphatic heterocycles. The minimum absolute atomic E-state index is 0.191. The molecule has 2 N–H and O–H groups in total. The van der Waals surface area contributed by atoms with Gasteiger partial charge in [0.15, 0.2) is 0 Å². The third-order valence-corrected chi connectivity index (χ3v) is 5.90. The summed E-state index contributed by atoms with van der Waals surface area (Å²) in [7, 11) is -1.94. The van der Waals surface area contributed by atoms with Crippen LogP contribution in [0.5, 0.6) is 5.75 Å². The van der Waals surface area contributed by atoms with Crippen molar-refractivity contribution in [3.8, 4) is 5.75 Å². The summed E-state index contributed by atoms with van der Waals surface area (Å²) in [5, 5.41) is 2.64. The van der Waals surface area contributed by atoms with Crippen LogP contribution in [0.4, 0.5) is 11.4 Å². The second-order valence-corrected chi connectivity index (χ2v) is 9.83. The van der Waals surface area contributed by atoms with Crippen LogP contribution in [-0.4, -0.2) is 69.6 Å². The number of carbonyl (C=O) groups excluding carboxylic acids is 2. The molecule has 3 rings (SSSR count). The van der Waals surface area contributed by atoms with Gasteiger partial charge in [0.2, 0.25) is 15.9 Å². The fraction of sp³-hybridized carbons (Fsp3) is 0.391. The highest BCUT2D eigenvalue weighted by molar-refractivity contribution is 7.92. The number of hydrogen-bond donors (Lipinski definition) is 2. The lowest BCUT2D eigenvalue weighted by molar-refractivity contribution is -0.114. The van der Waals surface area contributed by atoms with Gasteiger partial charge < -0.3 is 15.0 Å². The molecule has 0 saturated carbocycles. The average Bonchev–Trinajstić information content (AvgIpc) is 2.99. The maximum absolute atomic E-state index is 13.4. The molecule has 9 nitrogen and oxygen atoms in total. The summed E-state index contributed by atoms with van der Waals surface area (Å²) in [5.74, 6) is 0.257. The van der Waals surface area contributed by atoms with E-state index < -0.39 is 10.0 Å². The number of ether oxygens (including phenoxy) is 1. The van der Waals surface area contributed by atoms with E-state index in [0.29, 0.717) is 25.3 Å². The lowest BCUT2D eigenvalue weighted by Gasteiger charge is -2.23. The Morgan fingerprint density at radius 2 is 1.76 bits per heavy atom. The number of hydrogen-bond acceptors (Lipinski definition) is 6. The maximum atomic E-state index is 13.4. The molecule has 10 heteroatoms. The van der Waals surface area contributed by atoms with Crippen LogP contribution in [0.3, 0.4) is 0 Å². The monoisotopic (exact) mass is 474 g/mol. The molecule has 2 amide bonds. The Kier molecular flexibility index (Phi) is 7.93. The topological polar surface area (TPSA) is 108 Å². The van der Waals surface area contributed by atoms with Crippen molar-refractivity contribution in [3.05, 3.63) is 53.6 Å². The zero-order valence-electron chi connectivity index (χ0n) is 19.1. The molecule has 178 valence electrons. The zero-order valence-corrected chi connectivity index (χ0v) is 19.9. The third kappa shape index (κ3) is 7.19. The summed E-state index contributed by atoms with van der Waals surface area (Å²) >= 11 is 0. The summed E-state index contributed by atoms with van der Waals surface area (Å²) in [6.45, 7) is 4.74. The van der Waals surface area contributed by atoms with Gasteiger partial charge in [-0.25, -0.2) is 8.42 Å². The fourth-order valence-electron chi connectivity index (χ4n) is 3.78. The Morgan fingerprint density at radius 3 is 2.39 bits per heavy atom. The Bertz CT molecular complexity index is 1100. The number of nitrogens with one attached hydrogen (secondary N) is 2. The molecule has 0 aromatic heterocycles. The second kappa shape index (κ2) is 10.7. The molecule has 1 saturated heterocycles. The summed E-state index contributed by atoms with van der Waals surface area (Å²) in [6, 6.07) is 12.5. The summed E-state index contributed by atoms with van der Waals surface area (Å²) < 4.78 is 31.2. The average molecular weight is 475 g/mol. The van der Waals surface area contributed by atoms with E-state index in [9.17, 15) is 18.0 Å². The van der Waals surface area contributed by atoms with E-state index in [0.717, 1.165) is 31.5 Å². The number of nitrogens with zero attached hydrogens (tertiary/aromatic N) is 2. The lowest BCUT2D eigenvalue weighted by atomic mass is 10.1. The smallest absolute Gasteiger partial charge is 0.256 e. The van der Waals surface area contributed by atoms with Crippen molar-refractivity contribution in [2.24, 2.45) is 0 Å². The van der Waals surface area contributed by atoms with Gasteiger partial charge in [-0.05, 0) is 42.3 Å². The Labute approximate surface area is 194 Å². The Hall–Kier alpha value is -3.11. The van der Waals surface area contributed by atoms with Gasteiger partial charge in [0, 0.05) is 45.3 Å². The van der Waals surface area contributed by atoms with Crippen molar-refractivity contribution >= 4 is 33.2 Å². The molecule has 0 unspecified atom stereocenters. The normalized spacial score (nSPS) is 14.9. The molecule has 1 fully saturated rings. The van der Waals surface area contributed by atoms with Gasteiger partial charge in [0.05, 0.1) is 24.6 Å². The molecule has 0 aliphatic carbocycles. The number of carbonyl (C=O) groups is 2. The van der Waals surface area contributed by atoms with Crippen LogP contribution in [-0.2, 0) is 21.4 Å². The van der Waals surface area contributed by atoms with E-state index in [4.69, 9.17) is 4.74 Å². The Balaban J connectivity index is 1.74. The molecule has 2 aromatic rings. The predicted octanol–water partition coefficient (Wildman–Crippen LogP) is 2.37. The van der Waals surface area contributed by atoms with E-state index in [2.05, 4.69) is 14.9 Å². The first-order valence-corrected chi connectivity index (χ1v) is 12.6. The van der Waals surface area contributed by atoms with Gasteiger partial charge in [-0.2, -0.15) is 0 Å². The SMILES string of the molecule is COc1ccc(CN2CCCN(C(=O)c3cc(NC(C)=O)ccc3NS(C)(=O)=O)CC2)cc1. The highest BCUT2D eigenvalue weighted by atomic mass is 32.2. The van der Waals surface area contributed by atoms with Crippen LogP contribution < -0.4 is 14.8 Å². The first-order valence-electron chi connectivity index (χ1n) is 10.7. The maximum Gasteiger partial charge on any atom is 0.256 e. The molecule has 0 atom stereocenters. The standard InChI is InChI=1S/C23H30N4O5S/c1-17(28)24-19-7-10-22(25-33(3,30)31)21(15-19)23(29)27-12-4-11-26(13-14-27)16-18-5-8-20(32-2)9-6-18/h5-10,15,25H,4,11-14,16H2,1-3H3,(H,24,28). The van der Waals surface area contributed by atoms with E-state index >= 15 is 0 Å². The second-order valence-electron chi connectivity index (χ2n) is 8.09. The third-order valence-electron chi connectivity index (χ3n) is 5.31. The van der Waals surface area contributed by atoms with Crippen molar-refractivity contribution in [1.82, 2.24) is 9.80 Å². The molecule has 33 heavy (non-hydrogen) atoms. The van der Waals surface area contributed by atoms with Crippen LogP contribution in [0.25, 0.3) is 0 Å². The van der Waals surface area contributed by atoms with Crippen LogP contribution in [0.2, 0.25) is 0 Å². The van der Waals surface area contributed by atoms with E-state index in [1.807, 2.05) is 24.3 Å². The van der Waals surface area contributed by atoms with Crippen LogP contribution in [0.15, 0.2) is 42.5 Å². The molecule has 0 radical (unpaired) electrons.